The third kappa shape index (κ3) is 2.99. The number of hydrogen-bond donors (Lipinski definition) is 2. The smallest absolute Gasteiger partial charge is 0.226 e. The molecule has 1 aromatic rings. The number of benzene rings is 1. The number of anilines is 1. The molecule has 4 rings (SSSR count). The Kier molecular flexibility index (Phi) is 4.91. The van der Waals surface area contributed by atoms with E-state index in [0.29, 0.717) is 5.91 Å². The topological polar surface area (TPSA) is 52.6 Å². The maximum atomic E-state index is 13.0. The summed E-state index contributed by atoms with van der Waals surface area (Å²) in [6.07, 6.45) is 6.15. The number of unbranched alkanes of at least 4 members (excludes halogenated alkanes) is 1. The SMILES string of the molecule is CCCC#Cc1ccc2c(c1)[C@@H]1[C@@H](CCN1C(=O)C1CCC1)[C@@H](CO)N2. The molecule has 1 aliphatic carbocycles. The molecule has 1 aromatic carbocycles. The first-order valence-electron chi connectivity index (χ1n) is 10.0. The van der Waals surface area contributed by atoms with Crippen molar-refractivity contribution in [2.45, 2.75) is 57.5 Å². The Hall–Kier alpha value is -1.99. The van der Waals surface area contributed by atoms with E-state index in [1.54, 1.807) is 0 Å². The van der Waals surface area contributed by atoms with Crippen molar-refractivity contribution in [1.82, 2.24) is 4.90 Å². The number of nitrogens with zero attached hydrogens (tertiary/aromatic N) is 1. The molecule has 0 radical (unpaired) electrons. The Morgan fingerprint density at radius 3 is 2.88 bits per heavy atom. The zero-order valence-corrected chi connectivity index (χ0v) is 15.5. The van der Waals surface area contributed by atoms with E-state index in [0.717, 1.165) is 49.9 Å². The van der Waals surface area contributed by atoms with Crippen LogP contribution in [0.1, 0.15) is 62.6 Å². The van der Waals surface area contributed by atoms with Crippen LogP contribution in [0.4, 0.5) is 5.69 Å². The van der Waals surface area contributed by atoms with Gasteiger partial charge >= 0.3 is 0 Å². The fourth-order valence-corrected chi connectivity index (χ4v) is 4.57. The summed E-state index contributed by atoms with van der Waals surface area (Å²) in [5, 5.41) is 13.4. The lowest BCUT2D eigenvalue weighted by atomic mass is 9.81. The van der Waals surface area contributed by atoms with Gasteiger partial charge in [0, 0.05) is 36.1 Å². The molecule has 0 aromatic heterocycles. The highest BCUT2D eigenvalue weighted by Crippen LogP contribution is 2.47. The number of rotatable bonds is 3. The molecule has 3 aliphatic rings. The Labute approximate surface area is 156 Å². The van der Waals surface area contributed by atoms with Crippen molar-refractivity contribution in [2.75, 3.05) is 18.5 Å². The van der Waals surface area contributed by atoms with Crippen molar-refractivity contribution in [2.24, 2.45) is 11.8 Å². The van der Waals surface area contributed by atoms with Crippen LogP contribution in [0.5, 0.6) is 0 Å². The summed E-state index contributed by atoms with van der Waals surface area (Å²) in [6.45, 7) is 3.03. The highest BCUT2D eigenvalue weighted by molar-refractivity contribution is 5.81. The van der Waals surface area contributed by atoms with Crippen molar-refractivity contribution >= 4 is 11.6 Å². The van der Waals surface area contributed by atoms with Crippen LogP contribution < -0.4 is 5.32 Å². The summed E-state index contributed by atoms with van der Waals surface area (Å²) in [5.41, 5.74) is 3.23. The molecule has 4 nitrogen and oxygen atoms in total. The second-order valence-corrected chi connectivity index (χ2v) is 7.84. The zero-order valence-electron chi connectivity index (χ0n) is 15.5. The molecule has 0 unspecified atom stereocenters. The normalized spacial score (nSPS) is 26.8. The summed E-state index contributed by atoms with van der Waals surface area (Å²) in [5.74, 6) is 7.28. The second kappa shape index (κ2) is 7.32. The summed E-state index contributed by atoms with van der Waals surface area (Å²) in [4.78, 5) is 15.1. The third-order valence-electron chi connectivity index (χ3n) is 6.21. The van der Waals surface area contributed by atoms with Crippen LogP contribution in [-0.4, -0.2) is 35.1 Å². The first-order valence-corrected chi connectivity index (χ1v) is 10.0. The molecule has 2 N–H and O–H groups in total. The number of likely N-dealkylation sites (tertiary alicyclic amines) is 1. The first kappa shape index (κ1) is 17.4. The zero-order chi connectivity index (χ0) is 18.1. The number of hydrogen-bond acceptors (Lipinski definition) is 3. The third-order valence-corrected chi connectivity index (χ3v) is 6.21. The van der Waals surface area contributed by atoms with Crippen LogP contribution in [0, 0.1) is 23.7 Å². The second-order valence-electron chi connectivity index (χ2n) is 7.84. The predicted octanol–water partition coefficient (Wildman–Crippen LogP) is 3.31. The lowest BCUT2D eigenvalue weighted by Crippen LogP contribution is -2.45. The minimum atomic E-state index is 0.0173. The molecule has 2 heterocycles. The van der Waals surface area contributed by atoms with Gasteiger partial charge in [-0.1, -0.05) is 25.2 Å². The van der Waals surface area contributed by atoms with Crippen molar-refractivity contribution in [1.29, 1.82) is 0 Å². The fraction of sp³-hybridized carbons (Fsp3) is 0.591. The maximum absolute atomic E-state index is 13.0. The highest BCUT2D eigenvalue weighted by atomic mass is 16.3. The van der Waals surface area contributed by atoms with Crippen molar-refractivity contribution < 1.29 is 9.90 Å². The van der Waals surface area contributed by atoms with E-state index in [9.17, 15) is 9.90 Å². The van der Waals surface area contributed by atoms with E-state index >= 15 is 0 Å². The van der Waals surface area contributed by atoms with E-state index in [2.05, 4.69) is 41.1 Å². The van der Waals surface area contributed by atoms with Gasteiger partial charge in [0.15, 0.2) is 0 Å². The monoisotopic (exact) mass is 352 g/mol. The summed E-state index contributed by atoms with van der Waals surface area (Å²) in [6, 6.07) is 6.35. The van der Waals surface area contributed by atoms with Crippen molar-refractivity contribution in [3.05, 3.63) is 29.3 Å². The van der Waals surface area contributed by atoms with Crippen molar-refractivity contribution in [3.63, 3.8) is 0 Å². The molecule has 1 amide bonds. The summed E-state index contributed by atoms with van der Waals surface area (Å²) < 4.78 is 0. The Morgan fingerprint density at radius 2 is 2.19 bits per heavy atom. The van der Waals surface area contributed by atoms with Crippen LogP contribution >= 0.6 is 0 Å². The molecule has 2 aliphatic heterocycles. The van der Waals surface area contributed by atoms with E-state index in [1.807, 2.05) is 6.07 Å². The van der Waals surface area contributed by atoms with Gasteiger partial charge in [0.05, 0.1) is 18.7 Å². The minimum Gasteiger partial charge on any atom is -0.394 e. The quantitative estimate of drug-likeness (QED) is 0.821. The molecule has 2 fully saturated rings. The molecule has 26 heavy (non-hydrogen) atoms. The molecule has 4 heteroatoms. The number of nitrogens with one attached hydrogen (secondary N) is 1. The van der Waals surface area contributed by atoms with Gasteiger partial charge in [-0.3, -0.25) is 4.79 Å². The van der Waals surface area contributed by atoms with Gasteiger partial charge in [0.1, 0.15) is 0 Å². The lowest BCUT2D eigenvalue weighted by Gasteiger charge is -2.41. The lowest BCUT2D eigenvalue weighted by molar-refractivity contribution is -0.139. The summed E-state index contributed by atoms with van der Waals surface area (Å²) in [7, 11) is 0. The van der Waals surface area contributed by atoms with Gasteiger partial charge in [-0.2, -0.15) is 0 Å². The number of aliphatic hydroxyl groups is 1. The van der Waals surface area contributed by atoms with Crippen LogP contribution in [0.3, 0.4) is 0 Å². The van der Waals surface area contributed by atoms with E-state index < -0.39 is 0 Å². The van der Waals surface area contributed by atoms with Gasteiger partial charge in [0.2, 0.25) is 5.91 Å². The van der Waals surface area contributed by atoms with Crippen molar-refractivity contribution in [3.8, 4) is 11.8 Å². The first-order chi connectivity index (χ1) is 12.7. The van der Waals surface area contributed by atoms with Gasteiger partial charge in [-0.15, -0.1) is 0 Å². The minimum absolute atomic E-state index is 0.0173. The van der Waals surface area contributed by atoms with Gasteiger partial charge in [0.25, 0.3) is 0 Å². The molecule has 0 spiro atoms. The number of aliphatic hydroxyl groups excluding tert-OH is 1. The number of carbonyl (C=O) groups excluding carboxylic acids is 1. The molecule has 1 saturated carbocycles. The van der Waals surface area contributed by atoms with E-state index in [1.165, 1.54) is 12.0 Å². The van der Waals surface area contributed by atoms with Crippen LogP contribution in [0.2, 0.25) is 0 Å². The molecular weight excluding hydrogens is 324 g/mol. The van der Waals surface area contributed by atoms with Crippen LogP contribution in [0.25, 0.3) is 0 Å². The Balaban J connectivity index is 1.68. The predicted molar refractivity (Wildman–Crippen MR) is 103 cm³/mol. The van der Waals surface area contributed by atoms with Gasteiger partial charge in [-0.25, -0.2) is 0 Å². The average molecular weight is 352 g/mol. The fourth-order valence-electron chi connectivity index (χ4n) is 4.57. The molecule has 3 atom stereocenters. The largest absolute Gasteiger partial charge is 0.394 e. The molecule has 138 valence electrons. The highest BCUT2D eigenvalue weighted by Gasteiger charge is 2.47. The van der Waals surface area contributed by atoms with E-state index in [4.69, 9.17) is 0 Å². The van der Waals surface area contributed by atoms with Crippen LogP contribution in [0.15, 0.2) is 18.2 Å². The summed E-state index contributed by atoms with van der Waals surface area (Å²) >= 11 is 0. The van der Waals surface area contributed by atoms with E-state index in [-0.39, 0.29) is 30.5 Å². The Morgan fingerprint density at radius 1 is 1.35 bits per heavy atom. The standard InChI is InChI=1S/C22H28N2O2/c1-2-3-4-6-15-9-10-19-18(13-15)21-17(20(14-25)23-19)11-12-24(21)22(26)16-7-5-8-16/h9-10,13,16-17,20-21,23,25H,2-3,5,7-8,11-12,14H2,1H3/t17-,20+,21-/m0/s1. The molecule has 1 saturated heterocycles. The molecular formula is C22H28N2O2. The number of fused-ring (bicyclic) bond motifs is 3. The Bertz CT molecular complexity index is 744. The van der Waals surface area contributed by atoms with Crippen LogP contribution in [-0.2, 0) is 4.79 Å². The average Bonchev–Trinajstić information content (AvgIpc) is 3.05. The maximum Gasteiger partial charge on any atom is 0.226 e. The molecule has 0 bridgehead atoms. The van der Waals surface area contributed by atoms with Gasteiger partial charge < -0.3 is 15.3 Å². The number of carbonyl (C=O) groups is 1. The van der Waals surface area contributed by atoms with Gasteiger partial charge in [-0.05, 0) is 49.4 Å². The number of amides is 1.